The molecule has 112 valence electrons. The van der Waals surface area contributed by atoms with Crippen LogP contribution in [0.1, 0.15) is 35.2 Å². The average Bonchev–Trinajstić information content (AvgIpc) is 2.47. The highest BCUT2D eigenvalue weighted by molar-refractivity contribution is 9.10. The maximum Gasteiger partial charge on any atom is 0.125 e. The predicted octanol–water partition coefficient (Wildman–Crippen LogP) is 4.93. The zero-order valence-electron chi connectivity index (χ0n) is 13.0. The lowest BCUT2D eigenvalue weighted by molar-refractivity contribution is 0.299. The van der Waals surface area contributed by atoms with Gasteiger partial charge in [-0.1, -0.05) is 45.8 Å². The molecule has 0 bridgehead atoms. The third-order valence-electron chi connectivity index (χ3n) is 3.76. The lowest BCUT2D eigenvalue weighted by Crippen LogP contribution is -2.14. The molecule has 0 spiro atoms. The number of rotatable bonds is 5. The second-order valence-corrected chi connectivity index (χ2v) is 6.33. The molecule has 2 aromatic rings. The minimum absolute atomic E-state index is 0.256. The summed E-state index contributed by atoms with van der Waals surface area (Å²) in [5.74, 6) is 0.923. The topological polar surface area (TPSA) is 21.3 Å². The van der Waals surface area contributed by atoms with Crippen LogP contribution in [0.4, 0.5) is 0 Å². The lowest BCUT2D eigenvalue weighted by atomic mass is 10.1. The summed E-state index contributed by atoms with van der Waals surface area (Å²) in [5.41, 5.74) is 4.93. The van der Waals surface area contributed by atoms with Crippen molar-refractivity contribution in [3.63, 3.8) is 0 Å². The van der Waals surface area contributed by atoms with Crippen LogP contribution in [0.2, 0.25) is 0 Å². The first-order valence-electron chi connectivity index (χ1n) is 7.17. The molecule has 0 aliphatic heterocycles. The van der Waals surface area contributed by atoms with Gasteiger partial charge >= 0.3 is 0 Å². The van der Waals surface area contributed by atoms with E-state index >= 15 is 0 Å². The first-order valence-corrected chi connectivity index (χ1v) is 7.96. The summed E-state index contributed by atoms with van der Waals surface area (Å²) < 4.78 is 7.13. The van der Waals surface area contributed by atoms with Crippen molar-refractivity contribution in [3.05, 3.63) is 63.1 Å². The van der Waals surface area contributed by atoms with E-state index in [9.17, 15) is 0 Å². The van der Waals surface area contributed by atoms with Gasteiger partial charge in [0.2, 0.25) is 0 Å². The van der Waals surface area contributed by atoms with Crippen LogP contribution in [0.5, 0.6) is 5.75 Å². The van der Waals surface area contributed by atoms with Gasteiger partial charge in [-0.3, -0.25) is 0 Å². The Kier molecular flexibility index (Phi) is 5.43. The van der Waals surface area contributed by atoms with E-state index in [0.29, 0.717) is 6.61 Å². The van der Waals surface area contributed by atoms with Crippen molar-refractivity contribution in [1.82, 2.24) is 5.32 Å². The largest absolute Gasteiger partial charge is 0.489 e. The average molecular weight is 348 g/mol. The molecular formula is C18H22BrNO. The van der Waals surface area contributed by atoms with Gasteiger partial charge in [-0.25, -0.2) is 0 Å². The number of benzene rings is 2. The molecule has 0 aliphatic carbocycles. The molecule has 0 amide bonds. The summed E-state index contributed by atoms with van der Waals surface area (Å²) in [6.45, 7) is 6.95. The third kappa shape index (κ3) is 4.08. The number of nitrogens with one attached hydrogen (secondary N) is 1. The molecule has 21 heavy (non-hydrogen) atoms. The first kappa shape index (κ1) is 16.1. The maximum absolute atomic E-state index is 6.09. The number of halogens is 1. The van der Waals surface area contributed by atoms with Crippen molar-refractivity contribution in [2.75, 3.05) is 7.05 Å². The Balaban J connectivity index is 2.23. The van der Waals surface area contributed by atoms with E-state index in [1.165, 1.54) is 22.3 Å². The normalized spacial score (nSPS) is 12.2. The fourth-order valence-electron chi connectivity index (χ4n) is 2.26. The Morgan fingerprint density at radius 3 is 2.62 bits per heavy atom. The molecule has 1 atom stereocenters. The van der Waals surface area contributed by atoms with Gasteiger partial charge in [0.15, 0.2) is 0 Å². The number of aryl methyl sites for hydroxylation is 2. The van der Waals surface area contributed by atoms with E-state index in [1.54, 1.807) is 0 Å². The smallest absolute Gasteiger partial charge is 0.125 e. The summed E-state index contributed by atoms with van der Waals surface area (Å²) in [6, 6.07) is 12.9. The van der Waals surface area contributed by atoms with Crippen LogP contribution < -0.4 is 10.1 Å². The molecule has 1 N–H and O–H groups in total. The van der Waals surface area contributed by atoms with Crippen LogP contribution in [-0.4, -0.2) is 7.05 Å². The minimum atomic E-state index is 0.256. The van der Waals surface area contributed by atoms with Crippen molar-refractivity contribution in [1.29, 1.82) is 0 Å². The Morgan fingerprint density at radius 2 is 1.90 bits per heavy atom. The highest BCUT2D eigenvalue weighted by Crippen LogP contribution is 2.29. The Bertz CT molecular complexity index is 625. The molecule has 0 radical (unpaired) electrons. The monoisotopic (exact) mass is 347 g/mol. The standard InChI is InChI=1S/C18H22BrNO/c1-12-5-6-13(2)15(9-12)11-21-18-10-16(19)7-8-17(18)14(3)20-4/h5-10,14,20H,11H2,1-4H3. The van der Waals surface area contributed by atoms with Gasteiger partial charge in [-0.15, -0.1) is 0 Å². The molecule has 0 saturated carbocycles. The molecular weight excluding hydrogens is 326 g/mol. The highest BCUT2D eigenvalue weighted by atomic mass is 79.9. The van der Waals surface area contributed by atoms with Crippen LogP contribution in [-0.2, 0) is 6.61 Å². The summed E-state index contributed by atoms with van der Waals surface area (Å²) in [7, 11) is 1.96. The van der Waals surface area contributed by atoms with Crippen LogP contribution in [0.15, 0.2) is 40.9 Å². The van der Waals surface area contributed by atoms with E-state index < -0.39 is 0 Å². The maximum atomic E-state index is 6.09. The van der Waals surface area contributed by atoms with Crippen molar-refractivity contribution in [2.45, 2.75) is 33.4 Å². The minimum Gasteiger partial charge on any atom is -0.489 e. The van der Waals surface area contributed by atoms with Crippen molar-refractivity contribution < 1.29 is 4.74 Å². The van der Waals surface area contributed by atoms with Crippen molar-refractivity contribution >= 4 is 15.9 Å². The van der Waals surface area contributed by atoms with Gasteiger partial charge in [0.25, 0.3) is 0 Å². The number of hydrogen-bond acceptors (Lipinski definition) is 2. The number of ether oxygens (including phenoxy) is 1. The van der Waals surface area contributed by atoms with Crippen molar-refractivity contribution in [2.24, 2.45) is 0 Å². The van der Waals surface area contributed by atoms with Gasteiger partial charge in [-0.2, -0.15) is 0 Å². The third-order valence-corrected chi connectivity index (χ3v) is 4.26. The van der Waals surface area contributed by atoms with Gasteiger partial charge in [-0.05, 0) is 51.1 Å². The van der Waals surface area contributed by atoms with E-state index in [4.69, 9.17) is 4.74 Å². The Labute approximate surface area is 135 Å². The van der Waals surface area contributed by atoms with Crippen molar-refractivity contribution in [3.8, 4) is 5.75 Å². The highest BCUT2D eigenvalue weighted by Gasteiger charge is 2.11. The van der Waals surface area contributed by atoms with E-state index in [0.717, 1.165) is 10.2 Å². The second kappa shape index (κ2) is 7.10. The molecule has 2 nitrogen and oxygen atoms in total. The number of hydrogen-bond donors (Lipinski definition) is 1. The van der Waals surface area contributed by atoms with Gasteiger partial charge in [0.1, 0.15) is 12.4 Å². The zero-order valence-corrected chi connectivity index (χ0v) is 14.6. The van der Waals surface area contributed by atoms with Gasteiger partial charge in [0, 0.05) is 16.1 Å². The predicted molar refractivity (Wildman–Crippen MR) is 91.9 cm³/mol. The summed E-state index contributed by atoms with van der Waals surface area (Å²) in [6.07, 6.45) is 0. The molecule has 2 rings (SSSR count). The second-order valence-electron chi connectivity index (χ2n) is 5.41. The summed E-state index contributed by atoms with van der Waals surface area (Å²) >= 11 is 3.52. The molecule has 0 aliphatic rings. The zero-order chi connectivity index (χ0) is 15.4. The molecule has 0 fully saturated rings. The summed E-state index contributed by atoms with van der Waals surface area (Å²) in [4.78, 5) is 0. The van der Waals surface area contributed by atoms with E-state index in [2.05, 4.69) is 66.3 Å². The van der Waals surface area contributed by atoms with Crippen LogP contribution in [0.25, 0.3) is 0 Å². The Hall–Kier alpha value is -1.32. The Morgan fingerprint density at radius 1 is 1.14 bits per heavy atom. The molecule has 0 aromatic heterocycles. The first-order chi connectivity index (χ1) is 10.0. The molecule has 3 heteroatoms. The van der Waals surface area contributed by atoms with Crippen LogP contribution in [0.3, 0.4) is 0 Å². The summed E-state index contributed by atoms with van der Waals surface area (Å²) in [5, 5.41) is 3.26. The van der Waals surface area contributed by atoms with E-state index in [1.807, 2.05) is 19.2 Å². The lowest BCUT2D eigenvalue weighted by Gasteiger charge is -2.17. The van der Waals surface area contributed by atoms with Crippen LogP contribution >= 0.6 is 15.9 Å². The molecule has 0 saturated heterocycles. The molecule has 2 aromatic carbocycles. The SMILES string of the molecule is CNC(C)c1ccc(Br)cc1OCc1cc(C)ccc1C. The van der Waals surface area contributed by atoms with Gasteiger partial charge in [0.05, 0.1) is 0 Å². The fourth-order valence-corrected chi connectivity index (χ4v) is 2.60. The quantitative estimate of drug-likeness (QED) is 0.828. The van der Waals surface area contributed by atoms with E-state index in [-0.39, 0.29) is 6.04 Å². The fraction of sp³-hybridized carbons (Fsp3) is 0.333. The van der Waals surface area contributed by atoms with Crippen LogP contribution in [0, 0.1) is 13.8 Å². The molecule has 1 unspecified atom stereocenters. The molecule has 0 heterocycles. The van der Waals surface area contributed by atoms with Gasteiger partial charge < -0.3 is 10.1 Å².